The number of rotatable bonds is 4. The van der Waals surface area contributed by atoms with E-state index in [-0.39, 0.29) is 5.91 Å². The van der Waals surface area contributed by atoms with Gasteiger partial charge in [0.05, 0.1) is 10.7 Å². The van der Waals surface area contributed by atoms with Crippen LogP contribution in [0.25, 0.3) is 0 Å². The van der Waals surface area contributed by atoms with E-state index in [4.69, 9.17) is 11.6 Å². The molecule has 1 N–H and O–H groups in total. The van der Waals surface area contributed by atoms with Gasteiger partial charge in [0, 0.05) is 29.8 Å². The summed E-state index contributed by atoms with van der Waals surface area (Å²) in [5.74, 6) is 0.418. The second-order valence-corrected chi connectivity index (χ2v) is 5.31. The van der Waals surface area contributed by atoms with E-state index in [0.717, 1.165) is 10.2 Å². The number of amides is 1. The summed E-state index contributed by atoms with van der Waals surface area (Å²) >= 11 is 9.17. The minimum atomic E-state index is -0.112. The van der Waals surface area contributed by atoms with E-state index in [1.54, 1.807) is 23.1 Å². The Labute approximate surface area is 124 Å². The number of nitrogens with zero attached hydrogens (tertiary/aromatic N) is 3. The zero-order valence-corrected chi connectivity index (χ0v) is 12.6. The van der Waals surface area contributed by atoms with Gasteiger partial charge in [-0.05, 0) is 35.0 Å². The number of aromatic nitrogens is 3. The number of carbonyl (C=O) groups is 1. The normalized spacial score (nSPS) is 10.5. The molecule has 5 nitrogen and oxygen atoms in total. The molecular weight excluding hydrogens is 332 g/mol. The average Bonchev–Trinajstić information content (AvgIpc) is 2.69. The maximum atomic E-state index is 11.7. The quantitative estimate of drug-likeness (QED) is 0.928. The summed E-state index contributed by atoms with van der Waals surface area (Å²) in [7, 11) is 0. The number of pyridine rings is 1. The average molecular weight is 344 g/mol. The minimum absolute atomic E-state index is 0.112. The fourth-order valence-electron chi connectivity index (χ4n) is 1.48. The Morgan fingerprint density at radius 3 is 2.89 bits per heavy atom. The van der Waals surface area contributed by atoms with Crippen LogP contribution >= 0.6 is 27.5 Å². The van der Waals surface area contributed by atoms with Crippen LogP contribution in [0, 0.1) is 6.92 Å². The minimum Gasteiger partial charge on any atom is -0.311 e. The van der Waals surface area contributed by atoms with Crippen molar-refractivity contribution in [2.75, 3.05) is 5.32 Å². The summed E-state index contributed by atoms with van der Waals surface area (Å²) < 4.78 is 2.53. The molecule has 7 heteroatoms. The third-order valence-electron chi connectivity index (χ3n) is 2.45. The van der Waals surface area contributed by atoms with E-state index < -0.39 is 0 Å². The predicted octanol–water partition coefficient (Wildman–Crippen LogP) is 3.03. The van der Waals surface area contributed by atoms with Gasteiger partial charge in [-0.2, -0.15) is 5.10 Å². The number of carbonyl (C=O) groups excluding carboxylic acids is 1. The van der Waals surface area contributed by atoms with Gasteiger partial charge in [-0.1, -0.05) is 11.6 Å². The van der Waals surface area contributed by atoms with Crippen molar-refractivity contribution in [1.29, 1.82) is 0 Å². The van der Waals surface area contributed by atoms with E-state index in [9.17, 15) is 4.79 Å². The zero-order chi connectivity index (χ0) is 13.8. The summed E-state index contributed by atoms with van der Waals surface area (Å²) in [5, 5.41) is 7.51. The molecule has 0 saturated carbocycles. The van der Waals surface area contributed by atoms with Crippen LogP contribution in [0.2, 0.25) is 5.02 Å². The monoisotopic (exact) mass is 342 g/mol. The number of hydrogen-bond acceptors (Lipinski definition) is 3. The van der Waals surface area contributed by atoms with Gasteiger partial charge < -0.3 is 5.32 Å². The van der Waals surface area contributed by atoms with Crippen LogP contribution in [0.5, 0.6) is 0 Å². The number of nitrogens with one attached hydrogen (secondary N) is 1. The molecule has 0 aliphatic heterocycles. The zero-order valence-electron chi connectivity index (χ0n) is 10.2. The Balaban J connectivity index is 1.86. The van der Waals surface area contributed by atoms with Crippen LogP contribution < -0.4 is 5.32 Å². The maximum Gasteiger partial charge on any atom is 0.227 e. The molecule has 1 amide bonds. The highest BCUT2D eigenvalue weighted by atomic mass is 79.9. The number of aryl methyl sites for hydroxylation is 2. The summed E-state index contributed by atoms with van der Waals surface area (Å²) in [5.41, 5.74) is 0.761. The third-order valence-corrected chi connectivity index (χ3v) is 3.29. The third kappa shape index (κ3) is 4.04. The molecule has 0 aliphatic rings. The van der Waals surface area contributed by atoms with E-state index in [1.807, 2.05) is 13.0 Å². The van der Waals surface area contributed by atoms with E-state index in [1.165, 1.54) is 0 Å². The van der Waals surface area contributed by atoms with E-state index in [0.29, 0.717) is 23.8 Å². The van der Waals surface area contributed by atoms with Gasteiger partial charge in [-0.15, -0.1) is 0 Å². The molecule has 100 valence electrons. The second-order valence-electron chi connectivity index (χ2n) is 3.99. The summed E-state index contributed by atoms with van der Waals surface area (Å²) in [4.78, 5) is 15.8. The van der Waals surface area contributed by atoms with Crippen LogP contribution in [-0.4, -0.2) is 20.7 Å². The van der Waals surface area contributed by atoms with Gasteiger partial charge in [-0.25, -0.2) is 4.98 Å². The maximum absolute atomic E-state index is 11.7. The first-order chi connectivity index (χ1) is 9.04. The van der Waals surface area contributed by atoms with Crippen LogP contribution in [0.15, 0.2) is 29.0 Å². The largest absolute Gasteiger partial charge is 0.311 e. The molecule has 2 rings (SSSR count). The molecule has 0 aromatic carbocycles. The molecule has 19 heavy (non-hydrogen) atoms. The predicted molar refractivity (Wildman–Crippen MR) is 77.2 cm³/mol. The highest BCUT2D eigenvalue weighted by molar-refractivity contribution is 9.10. The van der Waals surface area contributed by atoms with Crippen molar-refractivity contribution in [2.24, 2.45) is 0 Å². The lowest BCUT2D eigenvalue weighted by atomic mass is 10.4. The fraction of sp³-hybridized carbons (Fsp3) is 0.250. The molecule has 2 heterocycles. The molecule has 2 aromatic heterocycles. The van der Waals surface area contributed by atoms with Crippen molar-refractivity contribution in [3.63, 3.8) is 0 Å². The highest BCUT2D eigenvalue weighted by Crippen LogP contribution is 2.13. The number of anilines is 1. The molecular formula is C12H12BrClN4O. The topological polar surface area (TPSA) is 59.8 Å². The molecule has 0 saturated heterocycles. The molecule has 0 spiro atoms. The smallest absolute Gasteiger partial charge is 0.227 e. The van der Waals surface area contributed by atoms with Crippen LogP contribution in [0.4, 0.5) is 5.82 Å². The Kier molecular flexibility index (Phi) is 4.55. The lowest BCUT2D eigenvalue weighted by Gasteiger charge is -2.04. The lowest BCUT2D eigenvalue weighted by Crippen LogP contribution is -2.15. The molecule has 0 aliphatic carbocycles. The summed E-state index contributed by atoms with van der Waals surface area (Å²) in [6, 6.07) is 3.55. The van der Waals surface area contributed by atoms with Crippen LogP contribution in [0.1, 0.15) is 12.1 Å². The van der Waals surface area contributed by atoms with Crippen molar-refractivity contribution >= 4 is 39.3 Å². The highest BCUT2D eigenvalue weighted by Gasteiger charge is 2.06. The van der Waals surface area contributed by atoms with Gasteiger partial charge in [0.2, 0.25) is 5.91 Å². The molecule has 0 bridgehead atoms. The van der Waals surface area contributed by atoms with Crippen molar-refractivity contribution in [3.8, 4) is 0 Å². The van der Waals surface area contributed by atoms with Gasteiger partial charge in [-0.3, -0.25) is 9.48 Å². The first kappa shape index (κ1) is 14.0. The van der Waals surface area contributed by atoms with Crippen LogP contribution in [-0.2, 0) is 11.3 Å². The molecule has 0 radical (unpaired) electrons. The summed E-state index contributed by atoms with van der Waals surface area (Å²) in [6.45, 7) is 2.31. The number of halogens is 2. The molecule has 0 unspecified atom stereocenters. The fourth-order valence-corrected chi connectivity index (χ4v) is 1.86. The summed E-state index contributed by atoms with van der Waals surface area (Å²) in [6.07, 6.45) is 3.66. The molecule has 2 aromatic rings. The van der Waals surface area contributed by atoms with Crippen LogP contribution in [0.3, 0.4) is 0 Å². The van der Waals surface area contributed by atoms with E-state index in [2.05, 4.69) is 31.3 Å². The second kappa shape index (κ2) is 6.16. The lowest BCUT2D eigenvalue weighted by molar-refractivity contribution is -0.116. The van der Waals surface area contributed by atoms with Crippen molar-refractivity contribution in [3.05, 3.63) is 39.7 Å². The SMILES string of the molecule is Cc1nn(CCC(=O)Nc2ccc(Br)cn2)cc1Cl. The van der Waals surface area contributed by atoms with Crippen molar-refractivity contribution in [1.82, 2.24) is 14.8 Å². The number of hydrogen-bond donors (Lipinski definition) is 1. The molecule has 0 atom stereocenters. The first-order valence-corrected chi connectivity index (χ1v) is 6.82. The Bertz CT molecular complexity index is 562. The van der Waals surface area contributed by atoms with Gasteiger partial charge in [0.1, 0.15) is 5.82 Å². The van der Waals surface area contributed by atoms with Gasteiger partial charge >= 0.3 is 0 Å². The van der Waals surface area contributed by atoms with Crippen molar-refractivity contribution in [2.45, 2.75) is 19.9 Å². The van der Waals surface area contributed by atoms with E-state index >= 15 is 0 Å². The standard InChI is InChI=1S/C12H12BrClN4O/c1-8-10(14)7-18(17-8)5-4-12(19)16-11-3-2-9(13)6-15-11/h2-3,6-7H,4-5H2,1H3,(H,15,16,19). The molecule has 0 fully saturated rings. The Morgan fingerprint density at radius 1 is 1.53 bits per heavy atom. The van der Waals surface area contributed by atoms with Crippen molar-refractivity contribution < 1.29 is 4.79 Å². The first-order valence-electron chi connectivity index (χ1n) is 5.65. The Morgan fingerprint density at radius 2 is 2.32 bits per heavy atom. The van der Waals surface area contributed by atoms with Gasteiger partial charge in [0.25, 0.3) is 0 Å². The van der Waals surface area contributed by atoms with Gasteiger partial charge in [0.15, 0.2) is 0 Å². The Hall–Kier alpha value is -1.40.